The summed E-state index contributed by atoms with van der Waals surface area (Å²) in [6.07, 6.45) is 7.85. The van der Waals surface area contributed by atoms with E-state index in [0.29, 0.717) is 19.8 Å². The highest BCUT2D eigenvalue weighted by atomic mass is 16.6. The van der Waals surface area contributed by atoms with Crippen molar-refractivity contribution in [1.82, 2.24) is 0 Å². The first-order valence-corrected chi connectivity index (χ1v) is 8.85. The van der Waals surface area contributed by atoms with Gasteiger partial charge in [-0.2, -0.15) is 0 Å². The average Bonchev–Trinajstić information content (AvgIpc) is 2.61. The fourth-order valence-electron chi connectivity index (χ4n) is 1.67. The fraction of sp³-hybridized carbons (Fsp3) is 0.722. The maximum atomic E-state index is 11.4. The second-order valence-corrected chi connectivity index (χ2v) is 5.36. The highest BCUT2D eigenvalue weighted by molar-refractivity contribution is 5.92. The predicted octanol–water partition coefficient (Wildman–Crippen LogP) is 2.57. The summed E-state index contributed by atoms with van der Waals surface area (Å²) in [5, 5.41) is 0. The minimum absolute atomic E-state index is 0.117. The van der Waals surface area contributed by atoms with Crippen LogP contribution in [0.25, 0.3) is 0 Å². The summed E-state index contributed by atoms with van der Waals surface area (Å²) in [6.45, 7) is 5.05. The Morgan fingerprint density at radius 3 is 2.04 bits per heavy atom. The molecule has 144 valence electrons. The molecule has 0 unspecified atom stereocenters. The number of carbonyl (C=O) groups is 3. The molecule has 0 atom stereocenters. The number of carbonyl (C=O) groups excluding carboxylic acids is 3. The molecule has 0 aromatic heterocycles. The van der Waals surface area contributed by atoms with Gasteiger partial charge in [0.2, 0.25) is 0 Å². The second kappa shape index (κ2) is 17.0. The maximum Gasteiger partial charge on any atom is 0.344 e. The third-order valence-corrected chi connectivity index (χ3v) is 3.06. The average molecular weight is 358 g/mol. The minimum Gasteiger partial charge on any atom is -0.463 e. The molecule has 0 N–H and O–H groups in total. The normalized spacial score (nSPS) is 10.6. The van der Waals surface area contributed by atoms with E-state index in [1.54, 1.807) is 0 Å². The quantitative estimate of drug-likeness (QED) is 0.192. The molecule has 0 saturated heterocycles. The van der Waals surface area contributed by atoms with E-state index < -0.39 is 24.5 Å². The van der Waals surface area contributed by atoms with E-state index in [-0.39, 0.29) is 6.61 Å². The molecule has 0 heterocycles. The Balaban J connectivity index is 3.67. The lowest BCUT2D eigenvalue weighted by atomic mass is 10.2. The highest BCUT2D eigenvalue weighted by Crippen LogP contribution is 1.99. The Morgan fingerprint density at radius 1 is 0.680 bits per heavy atom. The molecule has 0 radical (unpaired) electrons. The van der Waals surface area contributed by atoms with E-state index >= 15 is 0 Å². The lowest BCUT2D eigenvalue weighted by molar-refractivity contribution is -0.156. The van der Waals surface area contributed by atoms with Gasteiger partial charge in [0.1, 0.15) is 6.61 Å². The van der Waals surface area contributed by atoms with Gasteiger partial charge in [-0.15, -0.1) is 0 Å². The van der Waals surface area contributed by atoms with E-state index in [1.807, 2.05) is 0 Å². The van der Waals surface area contributed by atoms with Crippen molar-refractivity contribution < 1.29 is 33.3 Å². The van der Waals surface area contributed by atoms with Gasteiger partial charge in [0.25, 0.3) is 0 Å². The van der Waals surface area contributed by atoms with Crippen LogP contribution in [-0.2, 0) is 33.3 Å². The van der Waals surface area contributed by atoms with Gasteiger partial charge in [-0.05, 0) is 12.8 Å². The molecule has 7 nitrogen and oxygen atoms in total. The molecule has 0 fully saturated rings. The number of ether oxygens (including phenoxy) is 4. The lowest BCUT2D eigenvalue weighted by Crippen LogP contribution is -2.16. The lowest BCUT2D eigenvalue weighted by Gasteiger charge is -2.05. The molecular weight excluding hydrogens is 328 g/mol. The summed E-state index contributed by atoms with van der Waals surface area (Å²) in [7, 11) is 0. The molecule has 0 saturated carbocycles. The van der Waals surface area contributed by atoms with Gasteiger partial charge in [0.15, 0.2) is 6.61 Å². The molecule has 0 aliphatic carbocycles. The van der Waals surface area contributed by atoms with Gasteiger partial charge >= 0.3 is 17.9 Å². The zero-order valence-corrected chi connectivity index (χ0v) is 15.3. The van der Waals surface area contributed by atoms with Crippen molar-refractivity contribution in [3.63, 3.8) is 0 Å². The first kappa shape index (κ1) is 23.1. The van der Waals surface area contributed by atoms with Gasteiger partial charge < -0.3 is 18.9 Å². The molecule has 7 heteroatoms. The Bertz CT molecular complexity index is 404. The van der Waals surface area contributed by atoms with Crippen molar-refractivity contribution in [2.24, 2.45) is 0 Å². The largest absolute Gasteiger partial charge is 0.463 e. The van der Waals surface area contributed by atoms with E-state index in [9.17, 15) is 14.4 Å². The van der Waals surface area contributed by atoms with E-state index in [4.69, 9.17) is 14.2 Å². The number of hydrogen-bond acceptors (Lipinski definition) is 7. The monoisotopic (exact) mass is 358 g/mol. The molecule has 0 bridgehead atoms. The number of rotatable bonds is 15. The van der Waals surface area contributed by atoms with Crippen LogP contribution < -0.4 is 0 Å². The molecule has 0 aliphatic heterocycles. The third-order valence-electron chi connectivity index (χ3n) is 3.06. The second-order valence-electron chi connectivity index (χ2n) is 5.36. The molecule has 0 rings (SSSR count). The van der Waals surface area contributed by atoms with Gasteiger partial charge in [-0.3, -0.25) is 0 Å². The van der Waals surface area contributed by atoms with Crippen LogP contribution in [0.4, 0.5) is 0 Å². The highest BCUT2D eigenvalue weighted by Gasteiger charge is 2.07. The van der Waals surface area contributed by atoms with Crippen LogP contribution in [0.1, 0.15) is 52.4 Å². The third kappa shape index (κ3) is 16.7. The summed E-state index contributed by atoms with van der Waals surface area (Å²) in [5.41, 5.74) is 0. The van der Waals surface area contributed by atoms with Crippen LogP contribution in [0, 0.1) is 0 Å². The summed E-state index contributed by atoms with van der Waals surface area (Å²) < 4.78 is 19.6. The zero-order chi connectivity index (χ0) is 18.8. The molecule has 0 aliphatic rings. The van der Waals surface area contributed by atoms with Crippen LogP contribution in [0.15, 0.2) is 12.2 Å². The van der Waals surface area contributed by atoms with Crippen LogP contribution in [0.2, 0.25) is 0 Å². The fourth-order valence-corrected chi connectivity index (χ4v) is 1.67. The molecule has 0 spiro atoms. The summed E-state index contributed by atoms with van der Waals surface area (Å²) >= 11 is 0. The molecule has 25 heavy (non-hydrogen) atoms. The van der Waals surface area contributed by atoms with Gasteiger partial charge in [0.05, 0.1) is 13.2 Å². The van der Waals surface area contributed by atoms with Crippen LogP contribution in [0.5, 0.6) is 0 Å². The molecule has 0 aromatic carbocycles. The van der Waals surface area contributed by atoms with Crippen LogP contribution in [0.3, 0.4) is 0 Å². The van der Waals surface area contributed by atoms with E-state index in [0.717, 1.165) is 50.7 Å². The molecule has 0 aromatic rings. The smallest absolute Gasteiger partial charge is 0.344 e. The van der Waals surface area contributed by atoms with E-state index in [1.165, 1.54) is 0 Å². The van der Waals surface area contributed by atoms with Crippen LogP contribution in [-0.4, -0.2) is 50.9 Å². The predicted molar refractivity (Wildman–Crippen MR) is 91.9 cm³/mol. The van der Waals surface area contributed by atoms with E-state index in [2.05, 4.69) is 18.6 Å². The first-order chi connectivity index (χ1) is 12.1. The zero-order valence-electron chi connectivity index (χ0n) is 15.3. The topological polar surface area (TPSA) is 88.1 Å². The SMILES string of the molecule is CCCCCCOC(=O)COC(=O)/C=C/C(=O)OCCOCCCC. The molecular formula is C18H30O7. The Morgan fingerprint density at radius 2 is 1.36 bits per heavy atom. The maximum absolute atomic E-state index is 11.4. The Labute approximate surface area is 149 Å². The Kier molecular flexibility index (Phi) is 15.7. The van der Waals surface area contributed by atoms with Crippen molar-refractivity contribution in [2.75, 3.05) is 33.0 Å². The summed E-state index contributed by atoms with van der Waals surface area (Å²) in [4.78, 5) is 34.0. The number of hydrogen-bond donors (Lipinski definition) is 0. The van der Waals surface area contributed by atoms with Crippen molar-refractivity contribution in [3.8, 4) is 0 Å². The minimum atomic E-state index is -0.806. The summed E-state index contributed by atoms with van der Waals surface area (Å²) in [6, 6.07) is 0. The number of esters is 3. The van der Waals surface area contributed by atoms with Gasteiger partial charge in [-0.1, -0.05) is 39.5 Å². The van der Waals surface area contributed by atoms with Gasteiger partial charge in [0, 0.05) is 18.8 Å². The van der Waals surface area contributed by atoms with Crippen molar-refractivity contribution >= 4 is 17.9 Å². The van der Waals surface area contributed by atoms with Crippen molar-refractivity contribution in [2.45, 2.75) is 52.4 Å². The van der Waals surface area contributed by atoms with Gasteiger partial charge in [-0.25, -0.2) is 14.4 Å². The first-order valence-electron chi connectivity index (χ1n) is 8.85. The standard InChI is InChI=1S/C18H30O7/c1-3-5-7-8-12-23-18(21)15-25-17(20)10-9-16(19)24-14-13-22-11-6-4-2/h9-10H,3-8,11-15H2,1-2H3/b10-9+. The Hall–Kier alpha value is -1.89. The van der Waals surface area contributed by atoms with Crippen molar-refractivity contribution in [1.29, 1.82) is 0 Å². The molecule has 0 amide bonds. The van der Waals surface area contributed by atoms with Crippen LogP contribution >= 0.6 is 0 Å². The number of unbranched alkanes of at least 4 members (excludes halogenated alkanes) is 4. The van der Waals surface area contributed by atoms with Crippen molar-refractivity contribution in [3.05, 3.63) is 12.2 Å². The summed E-state index contributed by atoms with van der Waals surface area (Å²) in [5.74, 6) is -2.08.